The third-order valence-corrected chi connectivity index (χ3v) is 4.00. The monoisotopic (exact) mass is 276 g/mol. The molecule has 1 unspecified atom stereocenters. The molecule has 4 heteroatoms. The molecule has 0 saturated carbocycles. The van der Waals surface area contributed by atoms with E-state index in [0.717, 1.165) is 8.79 Å². The Morgan fingerprint density at radius 2 is 2.14 bits per heavy atom. The summed E-state index contributed by atoms with van der Waals surface area (Å²) in [5.41, 5.74) is 0. The van der Waals surface area contributed by atoms with Crippen LogP contribution in [-0.2, 0) is 0 Å². The molecule has 1 aromatic heterocycles. The topological polar surface area (TPSA) is 24.9 Å². The third kappa shape index (κ3) is 3.33. The Labute approximate surface area is 98.3 Å². The van der Waals surface area contributed by atoms with Crippen LogP contribution in [0.25, 0.3) is 0 Å². The van der Waals surface area contributed by atoms with Crippen LogP contribution in [0.3, 0.4) is 0 Å². The van der Waals surface area contributed by atoms with Crippen LogP contribution in [0.2, 0.25) is 0 Å². The van der Waals surface area contributed by atoms with Crippen molar-refractivity contribution in [3.63, 3.8) is 0 Å². The zero-order chi connectivity index (χ0) is 10.6. The Kier molecular flexibility index (Phi) is 5.06. The van der Waals surface area contributed by atoms with Crippen LogP contribution < -0.4 is 5.32 Å². The largest absolute Gasteiger partial charge is 0.305 e. The molecule has 2 nitrogen and oxygen atoms in total. The summed E-state index contributed by atoms with van der Waals surface area (Å²) in [5, 5.41) is 4.73. The molecule has 80 valence electrons. The van der Waals surface area contributed by atoms with Crippen LogP contribution in [0, 0.1) is 0 Å². The zero-order valence-corrected chi connectivity index (χ0v) is 11.3. The normalized spacial score (nSPS) is 13.5. The third-order valence-electron chi connectivity index (χ3n) is 2.34. The molecule has 0 aliphatic heterocycles. The Hall–Kier alpha value is 0.0700. The smallest absolute Gasteiger partial charge is 0.110 e. The van der Waals surface area contributed by atoms with Gasteiger partial charge in [0.2, 0.25) is 0 Å². The van der Waals surface area contributed by atoms with Crippen LogP contribution in [0.1, 0.15) is 44.7 Å². The standard InChI is InChI=1S/C10H17BrN2S/c1-4-8(5-2)13-7(3)10-12-6-9(11)14-10/h6-8,13H,4-5H2,1-3H3. The van der Waals surface area contributed by atoms with Gasteiger partial charge >= 0.3 is 0 Å². The highest BCUT2D eigenvalue weighted by Crippen LogP contribution is 2.24. The zero-order valence-electron chi connectivity index (χ0n) is 8.88. The predicted octanol–water partition coefficient (Wildman–Crippen LogP) is 3.74. The first-order valence-corrected chi connectivity index (χ1v) is 6.65. The molecule has 14 heavy (non-hydrogen) atoms. The number of halogens is 1. The van der Waals surface area contributed by atoms with Gasteiger partial charge in [0.1, 0.15) is 5.01 Å². The minimum absolute atomic E-state index is 0.358. The number of rotatable bonds is 5. The number of nitrogens with zero attached hydrogens (tertiary/aromatic N) is 1. The fourth-order valence-corrected chi connectivity index (χ4v) is 2.67. The fourth-order valence-electron chi connectivity index (χ4n) is 1.42. The summed E-state index contributed by atoms with van der Waals surface area (Å²) in [5.74, 6) is 0. The van der Waals surface area contributed by atoms with E-state index in [4.69, 9.17) is 0 Å². The number of hydrogen-bond acceptors (Lipinski definition) is 3. The van der Waals surface area contributed by atoms with Crippen LogP contribution in [-0.4, -0.2) is 11.0 Å². The molecule has 1 rings (SSSR count). The maximum absolute atomic E-state index is 4.35. The van der Waals surface area contributed by atoms with Crippen molar-refractivity contribution in [3.8, 4) is 0 Å². The summed E-state index contributed by atoms with van der Waals surface area (Å²) < 4.78 is 1.10. The van der Waals surface area contributed by atoms with Crippen LogP contribution in [0.5, 0.6) is 0 Å². The molecule has 0 amide bonds. The van der Waals surface area contributed by atoms with Crippen LogP contribution >= 0.6 is 27.3 Å². The quantitative estimate of drug-likeness (QED) is 0.886. The van der Waals surface area contributed by atoms with Gasteiger partial charge in [0.25, 0.3) is 0 Å². The van der Waals surface area contributed by atoms with Gasteiger partial charge < -0.3 is 5.32 Å². The minimum atomic E-state index is 0.358. The van der Waals surface area contributed by atoms with Gasteiger partial charge in [0, 0.05) is 6.04 Å². The van der Waals surface area contributed by atoms with E-state index in [1.54, 1.807) is 11.3 Å². The van der Waals surface area contributed by atoms with Crippen molar-refractivity contribution < 1.29 is 0 Å². The lowest BCUT2D eigenvalue weighted by Crippen LogP contribution is -2.30. The predicted molar refractivity (Wildman–Crippen MR) is 65.7 cm³/mol. The van der Waals surface area contributed by atoms with Gasteiger partial charge in [0.05, 0.1) is 16.0 Å². The van der Waals surface area contributed by atoms with Crippen molar-refractivity contribution in [2.75, 3.05) is 0 Å². The minimum Gasteiger partial charge on any atom is -0.305 e. The second-order valence-corrected chi connectivity index (χ2v) is 5.85. The highest BCUT2D eigenvalue weighted by atomic mass is 79.9. The molecule has 0 aliphatic rings. The summed E-state index contributed by atoms with van der Waals surface area (Å²) in [7, 11) is 0. The van der Waals surface area contributed by atoms with E-state index in [9.17, 15) is 0 Å². The molecular formula is C10H17BrN2S. The summed E-state index contributed by atoms with van der Waals surface area (Å²) in [6.45, 7) is 6.60. The van der Waals surface area contributed by atoms with Gasteiger partial charge in [-0.25, -0.2) is 4.98 Å². The van der Waals surface area contributed by atoms with E-state index >= 15 is 0 Å². The van der Waals surface area contributed by atoms with E-state index in [0.29, 0.717) is 12.1 Å². The van der Waals surface area contributed by atoms with E-state index in [1.165, 1.54) is 12.8 Å². The van der Waals surface area contributed by atoms with Crippen LogP contribution in [0.4, 0.5) is 0 Å². The van der Waals surface area contributed by atoms with Crippen molar-refractivity contribution in [2.45, 2.75) is 45.7 Å². The lowest BCUT2D eigenvalue weighted by molar-refractivity contribution is 0.431. The molecule has 0 fully saturated rings. The van der Waals surface area contributed by atoms with Crippen molar-refractivity contribution >= 4 is 27.3 Å². The number of hydrogen-bond donors (Lipinski definition) is 1. The second-order valence-electron chi connectivity index (χ2n) is 3.40. The average molecular weight is 277 g/mol. The molecule has 1 atom stereocenters. The molecule has 0 radical (unpaired) electrons. The first-order chi connectivity index (χ1) is 6.67. The summed E-state index contributed by atoms with van der Waals surface area (Å²) in [4.78, 5) is 4.35. The highest BCUT2D eigenvalue weighted by molar-refractivity contribution is 9.11. The number of aromatic nitrogens is 1. The summed E-state index contributed by atoms with van der Waals surface area (Å²) in [6.07, 6.45) is 4.21. The molecule has 0 aliphatic carbocycles. The Morgan fingerprint density at radius 3 is 2.57 bits per heavy atom. The maximum atomic E-state index is 4.35. The first-order valence-electron chi connectivity index (χ1n) is 5.04. The highest BCUT2D eigenvalue weighted by Gasteiger charge is 2.12. The van der Waals surface area contributed by atoms with Crippen LogP contribution in [0.15, 0.2) is 9.98 Å². The fraction of sp³-hybridized carbons (Fsp3) is 0.700. The molecule has 1 heterocycles. The number of thiazole rings is 1. The van der Waals surface area contributed by atoms with E-state index < -0.39 is 0 Å². The Balaban J connectivity index is 2.53. The maximum Gasteiger partial charge on any atom is 0.110 e. The van der Waals surface area contributed by atoms with Gasteiger partial charge in [0.15, 0.2) is 0 Å². The SMILES string of the molecule is CCC(CC)NC(C)c1ncc(Br)s1. The molecule has 0 aromatic carbocycles. The molecule has 1 aromatic rings. The Morgan fingerprint density at radius 1 is 1.50 bits per heavy atom. The van der Waals surface area contributed by atoms with Gasteiger partial charge in [-0.2, -0.15) is 0 Å². The van der Waals surface area contributed by atoms with Crippen molar-refractivity contribution in [1.29, 1.82) is 0 Å². The molecule has 0 saturated heterocycles. The second kappa shape index (κ2) is 5.83. The molecule has 1 N–H and O–H groups in total. The van der Waals surface area contributed by atoms with E-state index in [2.05, 4.69) is 47.0 Å². The summed E-state index contributed by atoms with van der Waals surface area (Å²) in [6, 6.07) is 0.962. The van der Waals surface area contributed by atoms with E-state index in [-0.39, 0.29) is 0 Å². The lowest BCUT2D eigenvalue weighted by atomic mass is 10.1. The first kappa shape index (κ1) is 12.1. The molecular weight excluding hydrogens is 260 g/mol. The van der Waals surface area contributed by atoms with Crippen molar-refractivity contribution in [3.05, 3.63) is 15.0 Å². The van der Waals surface area contributed by atoms with Gasteiger partial charge in [-0.1, -0.05) is 13.8 Å². The number of nitrogens with one attached hydrogen (secondary N) is 1. The summed E-state index contributed by atoms with van der Waals surface area (Å²) >= 11 is 5.13. The van der Waals surface area contributed by atoms with Crippen molar-refractivity contribution in [1.82, 2.24) is 10.3 Å². The molecule has 0 spiro atoms. The van der Waals surface area contributed by atoms with Gasteiger partial charge in [-0.05, 0) is 35.7 Å². The lowest BCUT2D eigenvalue weighted by Gasteiger charge is -2.19. The van der Waals surface area contributed by atoms with Gasteiger partial charge in [-0.3, -0.25) is 0 Å². The Bertz CT molecular complexity index is 271. The van der Waals surface area contributed by atoms with Gasteiger partial charge in [-0.15, -0.1) is 11.3 Å². The average Bonchev–Trinajstić information content (AvgIpc) is 2.61. The van der Waals surface area contributed by atoms with Crippen molar-refractivity contribution in [2.24, 2.45) is 0 Å². The molecule has 0 bridgehead atoms. The van der Waals surface area contributed by atoms with E-state index in [1.807, 2.05) is 6.20 Å².